The van der Waals surface area contributed by atoms with Crippen molar-refractivity contribution in [3.8, 4) is 22.5 Å². The van der Waals surface area contributed by atoms with Crippen LogP contribution in [0.1, 0.15) is 50.5 Å². The summed E-state index contributed by atoms with van der Waals surface area (Å²) in [7, 11) is 0. The number of pyridine rings is 1. The molecule has 5 rings (SSSR count). The SMILES string of the molecule is CCCCc1cn(C2C(CC)C2C(=O)O)c(=O)n1Cc1cc(-c2cccc(-c3nn[nH]n3)c2)ccn1. The first kappa shape index (κ1) is 23.7. The maximum atomic E-state index is 13.5. The molecule has 36 heavy (non-hydrogen) atoms. The van der Waals surface area contributed by atoms with E-state index in [1.54, 1.807) is 15.3 Å². The lowest BCUT2D eigenvalue weighted by atomic mass is 10.0. The van der Waals surface area contributed by atoms with Crippen LogP contribution >= 0.6 is 0 Å². The van der Waals surface area contributed by atoms with Crippen molar-refractivity contribution in [2.24, 2.45) is 11.8 Å². The average Bonchev–Trinajstić information content (AvgIpc) is 3.20. The Balaban J connectivity index is 1.46. The summed E-state index contributed by atoms with van der Waals surface area (Å²) in [4.78, 5) is 29.7. The third-order valence-corrected chi connectivity index (χ3v) is 7.01. The van der Waals surface area contributed by atoms with Gasteiger partial charge in [-0.1, -0.05) is 44.9 Å². The molecule has 0 bridgehead atoms. The van der Waals surface area contributed by atoms with Gasteiger partial charge in [-0.2, -0.15) is 5.21 Å². The molecule has 0 spiro atoms. The molecule has 10 heteroatoms. The molecule has 1 aliphatic rings. The number of carboxylic acid groups (broad SMARTS) is 1. The molecule has 1 aromatic carbocycles. The smallest absolute Gasteiger partial charge is 0.328 e. The summed E-state index contributed by atoms with van der Waals surface area (Å²) in [6.07, 6.45) is 7.05. The molecule has 3 unspecified atom stereocenters. The van der Waals surface area contributed by atoms with E-state index in [4.69, 9.17) is 0 Å². The third kappa shape index (κ3) is 4.46. The highest BCUT2D eigenvalue weighted by atomic mass is 16.4. The molecule has 1 saturated carbocycles. The maximum Gasteiger partial charge on any atom is 0.328 e. The Morgan fingerprint density at radius 1 is 1.14 bits per heavy atom. The summed E-state index contributed by atoms with van der Waals surface area (Å²) < 4.78 is 3.40. The second kappa shape index (κ2) is 9.88. The Labute approximate surface area is 208 Å². The molecule has 3 heterocycles. The topological polar surface area (TPSA) is 132 Å². The highest BCUT2D eigenvalue weighted by Gasteiger charge is 2.56. The summed E-state index contributed by atoms with van der Waals surface area (Å²) in [5.41, 5.74) is 4.29. The molecule has 1 aliphatic carbocycles. The molecule has 4 aromatic rings. The second-order valence-electron chi connectivity index (χ2n) is 9.28. The molecule has 1 fully saturated rings. The number of nitrogens with one attached hydrogen (secondary N) is 1. The number of hydrogen-bond acceptors (Lipinski definition) is 6. The van der Waals surface area contributed by atoms with E-state index < -0.39 is 11.9 Å². The Kier molecular flexibility index (Phi) is 6.49. The highest BCUT2D eigenvalue weighted by molar-refractivity contribution is 5.75. The fourth-order valence-electron chi connectivity index (χ4n) is 5.08. The molecule has 186 valence electrons. The van der Waals surface area contributed by atoms with Crippen LogP contribution in [0.5, 0.6) is 0 Å². The van der Waals surface area contributed by atoms with E-state index in [9.17, 15) is 14.7 Å². The summed E-state index contributed by atoms with van der Waals surface area (Å²) in [5.74, 6) is -0.831. The fourth-order valence-corrected chi connectivity index (χ4v) is 5.08. The van der Waals surface area contributed by atoms with Crippen LogP contribution in [-0.2, 0) is 17.8 Å². The van der Waals surface area contributed by atoms with Crippen molar-refractivity contribution in [2.45, 2.75) is 52.1 Å². The minimum absolute atomic E-state index is 0.0111. The molecule has 2 N–H and O–H groups in total. The number of nitrogens with zero attached hydrogens (tertiary/aromatic N) is 6. The van der Waals surface area contributed by atoms with Crippen LogP contribution in [0.2, 0.25) is 0 Å². The minimum Gasteiger partial charge on any atom is -0.481 e. The first-order valence-electron chi connectivity index (χ1n) is 12.3. The van der Waals surface area contributed by atoms with E-state index >= 15 is 0 Å². The van der Waals surface area contributed by atoms with Crippen LogP contribution < -0.4 is 5.69 Å². The molecular weight excluding hydrogens is 458 g/mol. The predicted molar refractivity (Wildman–Crippen MR) is 133 cm³/mol. The van der Waals surface area contributed by atoms with Crippen molar-refractivity contribution < 1.29 is 9.90 Å². The Morgan fingerprint density at radius 2 is 1.94 bits per heavy atom. The standard InChI is InChI=1S/C26H29N7O3/c1-3-5-9-20-15-33(23-21(4-2)22(23)25(34)35)26(36)32(20)14-19-13-17(10-11-27-19)16-7-6-8-18(12-16)24-28-30-31-29-24/h6-8,10-13,15,21-23H,3-5,9,14H2,1-2H3,(H,34,35)(H,28,29,30,31). The van der Waals surface area contributed by atoms with E-state index in [1.807, 2.05) is 49.5 Å². The Morgan fingerprint density at radius 3 is 2.64 bits per heavy atom. The van der Waals surface area contributed by atoms with Gasteiger partial charge in [0.25, 0.3) is 0 Å². The zero-order valence-corrected chi connectivity index (χ0v) is 20.3. The maximum absolute atomic E-state index is 13.5. The second-order valence-corrected chi connectivity index (χ2v) is 9.28. The number of aromatic amines is 1. The number of H-pyrrole nitrogens is 1. The predicted octanol–water partition coefficient (Wildman–Crippen LogP) is 3.56. The van der Waals surface area contributed by atoms with Gasteiger partial charge in [0.1, 0.15) is 0 Å². The molecule has 0 aliphatic heterocycles. The molecule has 0 radical (unpaired) electrons. The zero-order chi connectivity index (χ0) is 25.2. The van der Waals surface area contributed by atoms with Gasteiger partial charge >= 0.3 is 11.7 Å². The van der Waals surface area contributed by atoms with Crippen LogP contribution in [0.25, 0.3) is 22.5 Å². The van der Waals surface area contributed by atoms with Gasteiger partial charge in [0.15, 0.2) is 0 Å². The fraction of sp³-hybridized carbons (Fsp3) is 0.385. The van der Waals surface area contributed by atoms with Gasteiger partial charge in [-0.15, -0.1) is 10.2 Å². The molecule has 0 saturated heterocycles. The van der Waals surface area contributed by atoms with Crippen LogP contribution in [0.4, 0.5) is 0 Å². The average molecular weight is 488 g/mol. The number of aliphatic carboxylic acids is 1. The van der Waals surface area contributed by atoms with Gasteiger partial charge < -0.3 is 5.11 Å². The van der Waals surface area contributed by atoms with Gasteiger partial charge in [0, 0.05) is 23.7 Å². The minimum atomic E-state index is -0.834. The number of imidazole rings is 1. The Bertz CT molecular complexity index is 1420. The lowest BCUT2D eigenvalue weighted by Crippen LogP contribution is -2.26. The Hall–Kier alpha value is -4.08. The van der Waals surface area contributed by atoms with Crippen molar-refractivity contribution in [3.05, 3.63) is 70.7 Å². The van der Waals surface area contributed by atoms with E-state index in [0.717, 1.165) is 53.8 Å². The van der Waals surface area contributed by atoms with Gasteiger partial charge in [0.05, 0.1) is 24.2 Å². The lowest BCUT2D eigenvalue weighted by Gasteiger charge is -2.09. The first-order chi connectivity index (χ1) is 17.5. The number of carboxylic acids is 1. The first-order valence-corrected chi connectivity index (χ1v) is 12.3. The molecule has 3 atom stereocenters. The van der Waals surface area contributed by atoms with Crippen LogP contribution in [-0.4, -0.2) is 45.8 Å². The summed E-state index contributed by atoms with van der Waals surface area (Å²) in [6.45, 7) is 4.41. The number of tetrazole rings is 1. The number of benzene rings is 1. The van der Waals surface area contributed by atoms with Crippen molar-refractivity contribution in [3.63, 3.8) is 0 Å². The number of carbonyl (C=O) groups is 1. The summed E-state index contributed by atoms with van der Waals surface area (Å²) >= 11 is 0. The van der Waals surface area contributed by atoms with E-state index in [1.165, 1.54) is 0 Å². The summed E-state index contributed by atoms with van der Waals surface area (Å²) in [5, 5.41) is 23.8. The molecule has 0 amide bonds. The number of unbranched alkanes of at least 4 members (excludes halogenated alkanes) is 1. The third-order valence-electron chi connectivity index (χ3n) is 7.01. The number of rotatable bonds is 10. The molecule has 10 nitrogen and oxygen atoms in total. The molecular formula is C26H29N7O3. The van der Waals surface area contributed by atoms with Gasteiger partial charge in [0.2, 0.25) is 5.82 Å². The van der Waals surface area contributed by atoms with Crippen molar-refractivity contribution in [1.29, 1.82) is 0 Å². The van der Waals surface area contributed by atoms with Gasteiger partial charge in [-0.3, -0.25) is 18.9 Å². The zero-order valence-electron chi connectivity index (χ0n) is 20.3. The van der Waals surface area contributed by atoms with E-state index in [-0.39, 0.29) is 17.6 Å². The quantitative estimate of drug-likeness (QED) is 0.349. The normalized spacial score (nSPS) is 18.9. The van der Waals surface area contributed by atoms with Crippen LogP contribution in [0, 0.1) is 11.8 Å². The largest absolute Gasteiger partial charge is 0.481 e. The van der Waals surface area contributed by atoms with Crippen molar-refractivity contribution in [1.82, 2.24) is 34.7 Å². The van der Waals surface area contributed by atoms with Gasteiger partial charge in [-0.25, -0.2) is 4.79 Å². The highest BCUT2D eigenvalue weighted by Crippen LogP contribution is 2.52. The summed E-state index contributed by atoms with van der Waals surface area (Å²) in [6, 6.07) is 11.5. The number of aryl methyl sites for hydroxylation is 1. The van der Waals surface area contributed by atoms with E-state index in [0.29, 0.717) is 12.4 Å². The number of hydrogen-bond donors (Lipinski definition) is 2. The molecule has 3 aromatic heterocycles. The van der Waals surface area contributed by atoms with Crippen LogP contribution in [0.15, 0.2) is 53.6 Å². The van der Waals surface area contributed by atoms with Crippen LogP contribution in [0.3, 0.4) is 0 Å². The lowest BCUT2D eigenvalue weighted by molar-refractivity contribution is -0.139. The van der Waals surface area contributed by atoms with E-state index in [2.05, 4.69) is 32.5 Å². The monoisotopic (exact) mass is 487 g/mol. The van der Waals surface area contributed by atoms with Gasteiger partial charge in [-0.05, 0) is 53.3 Å². The van der Waals surface area contributed by atoms with Crippen molar-refractivity contribution >= 4 is 5.97 Å². The van der Waals surface area contributed by atoms with Crippen molar-refractivity contribution in [2.75, 3.05) is 0 Å². The number of aromatic nitrogens is 7.